The number of aliphatic hydroxyl groups is 1. The van der Waals surface area contributed by atoms with Crippen molar-refractivity contribution in [2.45, 2.75) is 30.0 Å². The number of nitrogens with two attached hydrogens (primary N) is 1. The Morgan fingerprint density at radius 1 is 1.05 bits per heavy atom. The van der Waals surface area contributed by atoms with Crippen LogP contribution in [0.25, 0.3) is 0 Å². The van der Waals surface area contributed by atoms with Gasteiger partial charge in [0, 0.05) is 56.3 Å². The third-order valence-corrected chi connectivity index (χ3v) is 7.92. The van der Waals surface area contributed by atoms with Gasteiger partial charge in [-0.3, -0.25) is 4.90 Å². The first-order chi connectivity index (χ1) is 18.0. The second-order valence-electron chi connectivity index (χ2n) is 10.1. The van der Waals surface area contributed by atoms with Crippen LogP contribution in [0.1, 0.15) is 34.8 Å². The van der Waals surface area contributed by atoms with E-state index in [1.165, 1.54) is 0 Å². The number of fused-ring (bicyclic) bond motifs is 3. The predicted octanol–water partition coefficient (Wildman–Crippen LogP) is 2.07. The minimum absolute atomic E-state index is 0.0247. The Labute approximate surface area is 215 Å². The van der Waals surface area contributed by atoms with Crippen molar-refractivity contribution in [3.05, 3.63) is 59.5 Å². The zero-order chi connectivity index (χ0) is 25.5. The van der Waals surface area contributed by atoms with Crippen molar-refractivity contribution in [1.82, 2.24) is 20.0 Å². The van der Waals surface area contributed by atoms with Crippen LogP contribution < -0.4 is 19.9 Å². The lowest BCUT2D eigenvalue weighted by atomic mass is 9.87. The summed E-state index contributed by atoms with van der Waals surface area (Å²) in [5.74, 6) is 1.27. The molecule has 6 rings (SSSR count). The zero-order valence-corrected chi connectivity index (χ0v) is 21.1. The first kappa shape index (κ1) is 24.0. The first-order valence-corrected chi connectivity index (χ1v) is 12.8. The molecule has 10 nitrogen and oxygen atoms in total. The standard InChI is InChI=1S/C27H33N5O5/c1-31-8-10-32(11-9-31)12-13-35-17-14-18(34-2)21-19(15-17)36-25-20(16-6-4-3-5-7-16)23(24(33)22(21)25)26-29-30-27(28)37-26/h3-7,14-15,20,22-25,33H,8-13H2,1-2H3,(H2,28,30)/t20-,22?,23?,24?,25?/m1/s1. The molecule has 0 spiro atoms. The Kier molecular flexibility index (Phi) is 6.39. The molecule has 5 atom stereocenters. The number of hydrogen-bond donors (Lipinski definition) is 2. The van der Waals surface area contributed by atoms with Gasteiger partial charge in [0.05, 0.1) is 25.0 Å². The molecule has 3 aromatic rings. The third-order valence-electron chi connectivity index (χ3n) is 7.92. The van der Waals surface area contributed by atoms with E-state index in [2.05, 4.69) is 27.0 Å². The average Bonchev–Trinajstić information content (AvgIpc) is 3.58. The number of ether oxygens (including phenoxy) is 3. The third kappa shape index (κ3) is 4.39. The molecular formula is C27H33N5O5. The van der Waals surface area contributed by atoms with Crippen molar-refractivity contribution >= 4 is 6.01 Å². The Morgan fingerprint density at radius 3 is 2.54 bits per heavy atom. The summed E-state index contributed by atoms with van der Waals surface area (Å²) in [6.07, 6.45) is -1.19. The lowest BCUT2D eigenvalue weighted by Gasteiger charge is -2.32. The van der Waals surface area contributed by atoms with Crippen LogP contribution in [0.15, 0.2) is 46.9 Å². The number of piperazine rings is 1. The van der Waals surface area contributed by atoms with Crippen molar-refractivity contribution < 1.29 is 23.7 Å². The number of rotatable bonds is 7. The van der Waals surface area contributed by atoms with Gasteiger partial charge in [-0.25, -0.2) is 0 Å². The highest BCUT2D eigenvalue weighted by atomic mass is 16.5. The molecule has 2 aromatic carbocycles. The van der Waals surface area contributed by atoms with E-state index in [0.29, 0.717) is 29.7 Å². The molecule has 3 N–H and O–H groups in total. The molecule has 1 saturated carbocycles. The number of likely N-dealkylation sites (N-methyl/N-ethyl adjacent to an activating group) is 1. The fraction of sp³-hybridized carbons (Fsp3) is 0.481. The average molecular weight is 508 g/mol. The summed E-state index contributed by atoms with van der Waals surface area (Å²) in [5.41, 5.74) is 7.59. The van der Waals surface area contributed by atoms with E-state index >= 15 is 0 Å². The Bertz CT molecular complexity index is 1230. The summed E-state index contributed by atoms with van der Waals surface area (Å²) in [6.45, 7) is 5.69. The van der Waals surface area contributed by atoms with Gasteiger partial charge < -0.3 is 34.4 Å². The van der Waals surface area contributed by atoms with Crippen molar-refractivity contribution in [2.24, 2.45) is 0 Å². The molecule has 37 heavy (non-hydrogen) atoms. The highest BCUT2D eigenvalue weighted by Gasteiger charge is 2.59. The number of benzene rings is 2. The van der Waals surface area contributed by atoms with E-state index < -0.39 is 12.0 Å². The summed E-state index contributed by atoms with van der Waals surface area (Å²) in [6, 6.07) is 13.7. The van der Waals surface area contributed by atoms with Crippen LogP contribution >= 0.6 is 0 Å². The van der Waals surface area contributed by atoms with Crippen LogP contribution in [0.2, 0.25) is 0 Å². The van der Waals surface area contributed by atoms with Crippen LogP contribution in [0.3, 0.4) is 0 Å². The number of anilines is 1. The van der Waals surface area contributed by atoms with Gasteiger partial charge in [0.1, 0.15) is 30.0 Å². The van der Waals surface area contributed by atoms with E-state index in [1.807, 2.05) is 42.5 Å². The smallest absolute Gasteiger partial charge is 0.312 e. The second kappa shape index (κ2) is 9.85. The molecule has 0 amide bonds. The Morgan fingerprint density at radius 2 is 1.84 bits per heavy atom. The van der Waals surface area contributed by atoms with Gasteiger partial charge >= 0.3 is 6.01 Å². The predicted molar refractivity (Wildman–Crippen MR) is 136 cm³/mol. The van der Waals surface area contributed by atoms with Crippen molar-refractivity contribution in [2.75, 3.05) is 59.2 Å². The van der Waals surface area contributed by atoms with Gasteiger partial charge in [-0.15, -0.1) is 5.10 Å². The van der Waals surface area contributed by atoms with E-state index in [9.17, 15) is 5.11 Å². The number of aliphatic hydroxyl groups excluding tert-OH is 1. The molecule has 2 aliphatic heterocycles. The number of methoxy groups -OCH3 is 1. The molecule has 10 heteroatoms. The van der Waals surface area contributed by atoms with Gasteiger partial charge in [0.25, 0.3) is 0 Å². The number of hydrogen-bond acceptors (Lipinski definition) is 10. The van der Waals surface area contributed by atoms with Gasteiger partial charge in [-0.05, 0) is 12.6 Å². The second-order valence-corrected chi connectivity index (χ2v) is 10.1. The van der Waals surface area contributed by atoms with Gasteiger partial charge in [-0.2, -0.15) is 0 Å². The summed E-state index contributed by atoms with van der Waals surface area (Å²) < 4.78 is 24.1. The van der Waals surface area contributed by atoms with Crippen LogP contribution in [0.5, 0.6) is 17.2 Å². The van der Waals surface area contributed by atoms with E-state index in [0.717, 1.165) is 43.9 Å². The molecule has 2 fully saturated rings. The molecule has 196 valence electrons. The zero-order valence-electron chi connectivity index (χ0n) is 21.1. The Balaban J connectivity index is 1.27. The minimum atomic E-state index is -0.839. The maximum Gasteiger partial charge on any atom is 0.312 e. The maximum atomic E-state index is 11.6. The van der Waals surface area contributed by atoms with Crippen LogP contribution in [-0.2, 0) is 0 Å². The molecule has 0 radical (unpaired) electrons. The summed E-state index contributed by atoms with van der Waals surface area (Å²) in [5, 5.41) is 19.6. The fourth-order valence-corrected chi connectivity index (χ4v) is 6.06. The fourth-order valence-electron chi connectivity index (χ4n) is 6.06. The van der Waals surface area contributed by atoms with Gasteiger partial charge in [-0.1, -0.05) is 35.4 Å². The van der Waals surface area contributed by atoms with Crippen molar-refractivity contribution in [3.8, 4) is 17.2 Å². The van der Waals surface area contributed by atoms with Gasteiger partial charge in [0.15, 0.2) is 0 Å². The largest absolute Gasteiger partial charge is 0.496 e. The molecule has 1 aromatic heterocycles. The van der Waals surface area contributed by atoms with Crippen molar-refractivity contribution in [1.29, 1.82) is 0 Å². The Hall–Kier alpha value is -3.34. The van der Waals surface area contributed by atoms with E-state index in [4.69, 9.17) is 24.4 Å². The van der Waals surface area contributed by atoms with Crippen LogP contribution in [-0.4, -0.2) is 90.8 Å². The number of nitrogen functional groups attached to an aromatic ring is 1. The summed E-state index contributed by atoms with van der Waals surface area (Å²) in [7, 11) is 3.78. The molecule has 3 heterocycles. The van der Waals surface area contributed by atoms with E-state index in [1.54, 1.807) is 7.11 Å². The molecule has 0 bridgehead atoms. The maximum absolute atomic E-state index is 11.6. The molecular weight excluding hydrogens is 474 g/mol. The number of nitrogens with zero attached hydrogens (tertiary/aromatic N) is 4. The minimum Gasteiger partial charge on any atom is -0.496 e. The quantitative estimate of drug-likeness (QED) is 0.492. The topological polar surface area (TPSA) is 119 Å². The molecule has 4 unspecified atom stereocenters. The summed E-state index contributed by atoms with van der Waals surface area (Å²) in [4.78, 5) is 4.75. The number of aromatic nitrogens is 2. The lowest BCUT2D eigenvalue weighted by molar-refractivity contribution is 0.125. The lowest BCUT2D eigenvalue weighted by Crippen LogP contribution is -2.45. The van der Waals surface area contributed by atoms with Crippen LogP contribution in [0.4, 0.5) is 6.01 Å². The highest BCUT2D eigenvalue weighted by molar-refractivity contribution is 5.58. The van der Waals surface area contributed by atoms with Crippen LogP contribution in [0, 0.1) is 0 Å². The molecule has 1 saturated heterocycles. The molecule has 1 aliphatic carbocycles. The highest BCUT2D eigenvalue weighted by Crippen LogP contribution is 2.60. The normalized spacial score (nSPS) is 27.5. The SMILES string of the molecule is COc1cc(OCCN2CCN(C)CC2)cc2c1C1C(O)C(c3nnc(N)o3)[C@@H](c3ccccc3)C1O2. The molecule has 3 aliphatic rings. The van der Waals surface area contributed by atoms with Crippen molar-refractivity contribution in [3.63, 3.8) is 0 Å². The first-order valence-electron chi connectivity index (χ1n) is 12.8. The monoisotopic (exact) mass is 507 g/mol. The van der Waals surface area contributed by atoms with Gasteiger partial charge in [0.2, 0.25) is 5.89 Å². The van der Waals surface area contributed by atoms with E-state index in [-0.39, 0.29) is 24.0 Å². The summed E-state index contributed by atoms with van der Waals surface area (Å²) >= 11 is 0.